The van der Waals surface area contributed by atoms with Gasteiger partial charge in [0.25, 0.3) is 0 Å². The summed E-state index contributed by atoms with van der Waals surface area (Å²) >= 11 is 0. The number of ketones is 1. The van der Waals surface area contributed by atoms with Crippen molar-refractivity contribution in [1.29, 1.82) is 0 Å². The molecule has 0 radical (unpaired) electrons. The van der Waals surface area contributed by atoms with Crippen molar-refractivity contribution in [1.82, 2.24) is 10.1 Å². The highest BCUT2D eigenvalue weighted by atomic mass is 16.5. The van der Waals surface area contributed by atoms with E-state index in [0.29, 0.717) is 11.7 Å². The van der Waals surface area contributed by atoms with E-state index in [1.165, 1.54) is 0 Å². The number of ether oxygens (including phenoxy) is 1. The summed E-state index contributed by atoms with van der Waals surface area (Å²) < 4.78 is 10.5. The third kappa shape index (κ3) is 2.47. The van der Waals surface area contributed by atoms with Crippen LogP contribution < -0.4 is 0 Å². The van der Waals surface area contributed by atoms with Gasteiger partial charge in [0.05, 0.1) is 6.42 Å². The minimum atomic E-state index is -0.0494. The van der Waals surface area contributed by atoms with Crippen LogP contribution in [0.5, 0.6) is 0 Å². The summed E-state index contributed by atoms with van der Waals surface area (Å²) in [6.07, 6.45) is 2.13. The molecular formula is C11H16N2O3. The van der Waals surface area contributed by atoms with Crippen molar-refractivity contribution in [2.45, 2.75) is 39.2 Å². The van der Waals surface area contributed by atoms with Gasteiger partial charge in [0.2, 0.25) is 11.7 Å². The molecule has 0 spiro atoms. The van der Waals surface area contributed by atoms with E-state index in [4.69, 9.17) is 9.26 Å². The van der Waals surface area contributed by atoms with Gasteiger partial charge in [-0.3, -0.25) is 4.79 Å². The highest BCUT2D eigenvalue weighted by Crippen LogP contribution is 2.26. The molecule has 1 unspecified atom stereocenters. The zero-order valence-electron chi connectivity index (χ0n) is 9.60. The number of nitrogens with zero attached hydrogens (tertiary/aromatic N) is 2. The van der Waals surface area contributed by atoms with Crippen molar-refractivity contribution in [2.24, 2.45) is 5.92 Å². The summed E-state index contributed by atoms with van der Waals surface area (Å²) in [6, 6.07) is 0. The first-order valence-corrected chi connectivity index (χ1v) is 5.63. The van der Waals surface area contributed by atoms with Crippen LogP contribution in [-0.2, 0) is 16.0 Å². The highest BCUT2D eigenvalue weighted by Gasteiger charge is 2.23. The normalized spacial score (nSPS) is 20.6. The summed E-state index contributed by atoms with van der Waals surface area (Å²) in [5, 5.41) is 3.85. The molecule has 1 atom stereocenters. The maximum absolute atomic E-state index is 11.5. The molecule has 0 bridgehead atoms. The van der Waals surface area contributed by atoms with E-state index in [9.17, 15) is 4.79 Å². The lowest BCUT2D eigenvalue weighted by molar-refractivity contribution is -0.121. The lowest BCUT2D eigenvalue weighted by atomic mass is 10.1. The monoisotopic (exact) mass is 224 g/mol. The molecule has 0 aromatic carbocycles. The van der Waals surface area contributed by atoms with Crippen LogP contribution in [-0.4, -0.2) is 22.5 Å². The second kappa shape index (κ2) is 4.74. The Balaban J connectivity index is 1.99. The third-order valence-corrected chi connectivity index (χ3v) is 2.67. The molecule has 0 aliphatic carbocycles. The molecule has 1 aromatic rings. The van der Waals surface area contributed by atoms with E-state index in [-0.39, 0.29) is 24.2 Å². The molecule has 1 fully saturated rings. The van der Waals surface area contributed by atoms with Crippen molar-refractivity contribution in [3.63, 3.8) is 0 Å². The Kier molecular flexibility index (Phi) is 3.33. The van der Waals surface area contributed by atoms with E-state index < -0.39 is 0 Å². The largest absolute Gasteiger partial charge is 0.370 e. The summed E-state index contributed by atoms with van der Waals surface area (Å²) in [6.45, 7) is 4.47. The smallest absolute Gasteiger partial charge is 0.234 e. The Hall–Kier alpha value is -1.23. The van der Waals surface area contributed by atoms with Crippen LogP contribution >= 0.6 is 0 Å². The Labute approximate surface area is 94.2 Å². The molecule has 1 aromatic heterocycles. The fourth-order valence-corrected chi connectivity index (χ4v) is 1.61. The van der Waals surface area contributed by atoms with Gasteiger partial charge in [0.15, 0.2) is 0 Å². The van der Waals surface area contributed by atoms with E-state index >= 15 is 0 Å². The molecule has 1 aliphatic heterocycles. The van der Waals surface area contributed by atoms with Crippen LogP contribution in [0.25, 0.3) is 0 Å². The van der Waals surface area contributed by atoms with Crippen molar-refractivity contribution in [2.75, 3.05) is 6.61 Å². The van der Waals surface area contributed by atoms with Crippen LogP contribution in [0.15, 0.2) is 4.52 Å². The maximum Gasteiger partial charge on any atom is 0.234 e. The van der Waals surface area contributed by atoms with Crippen LogP contribution in [0.2, 0.25) is 0 Å². The highest BCUT2D eigenvalue weighted by molar-refractivity contribution is 5.81. The molecule has 0 N–H and O–H groups in total. The summed E-state index contributed by atoms with van der Waals surface area (Å²) in [5.74, 6) is 1.08. The number of Topliss-reactive ketones (excluding diaryl/α,β-unsaturated/α-hetero) is 1. The molecule has 2 rings (SSSR count). The zero-order chi connectivity index (χ0) is 11.5. The molecule has 16 heavy (non-hydrogen) atoms. The van der Waals surface area contributed by atoms with Gasteiger partial charge in [-0.15, -0.1) is 0 Å². The molecule has 88 valence electrons. The van der Waals surface area contributed by atoms with Gasteiger partial charge in [-0.2, -0.15) is 4.98 Å². The second-order valence-electron chi connectivity index (χ2n) is 4.35. The van der Waals surface area contributed by atoms with Gasteiger partial charge in [-0.05, 0) is 12.8 Å². The van der Waals surface area contributed by atoms with Crippen LogP contribution in [0.1, 0.15) is 44.5 Å². The predicted molar refractivity (Wildman–Crippen MR) is 55.8 cm³/mol. The topological polar surface area (TPSA) is 65.2 Å². The number of hydrogen-bond acceptors (Lipinski definition) is 5. The van der Waals surface area contributed by atoms with E-state index in [0.717, 1.165) is 19.4 Å². The molecule has 1 saturated heterocycles. The fraction of sp³-hybridized carbons (Fsp3) is 0.727. The van der Waals surface area contributed by atoms with Gasteiger partial charge in [-0.1, -0.05) is 19.0 Å². The van der Waals surface area contributed by atoms with Gasteiger partial charge in [0, 0.05) is 12.5 Å². The minimum absolute atomic E-state index is 0.00178. The summed E-state index contributed by atoms with van der Waals surface area (Å²) in [4.78, 5) is 15.7. The number of hydrogen-bond donors (Lipinski definition) is 0. The molecule has 0 saturated carbocycles. The van der Waals surface area contributed by atoms with Crippen molar-refractivity contribution < 1.29 is 14.1 Å². The first kappa shape index (κ1) is 11.3. The van der Waals surface area contributed by atoms with Gasteiger partial charge >= 0.3 is 0 Å². The Morgan fingerprint density at radius 1 is 1.56 bits per heavy atom. The first-order chi connectivity index (χ1) is 7.66. The average molecular weight is 224 g/mol. The lowest BCUT2D eigenvalue weighted by Crippen LogP contribution is -2.10. The predicted octanol–water partition coefficient (Wildman–Crippen LogP) is 1.69. The molecule has 2 heterocycles. The lowest BCUT2D eigenvalue weighted by Gasteiger charge is -2.01. The standard InChI is InChI=1S/C11H16N2O3/c1-7(2)8(14)6-10-12-11(13-16-10)9-4-3-5-15-9/h7,9H,3-6H2,1-2H3. The Bertz CT molecular complexity index is 367. The number of aromatic nitrogens is 2. The zero-order valence-corrected chi connectivity index (χ0v) is 9.60. The minimum Gasteiger partial charge on any atom is -0.370 e. The van der Waals surface area contributed by atoms with Crippen molar-refractivity contribution >= 4 is 5.78 Å². The molecule has 0 amide bonds. The maximum atomic E-state index is 11.5. The van der Waals surface area contributed by atoms with E-state index in [2.05, 4.69) is 10.1 Å². The van der Waals surface area contributed by atoms with Gasteiger partial charge in [0.1, 0.15) is 11.9 Å². The number of carbonyl (C=O) groups excluding carboxylic acids is 1. The quantitative estimate of drug-likeness (QED) is 0.778. The first-order valence-electron chi connectivity index (χ1n) is 5.63. The van der Waals surface area contributed by atoms with E-state index in [1.54, 1.807) is 0 Å². The van der Waals surface area contributed by atoms with Gasteiger partial charge in [-0.25, -0.2) is 0 Å². The van der Waals surface area contributed by atoms with E-state index in [1.807, 2.05) is 13.8 Å². The van der Waals surface area contributed by atoms with Gasteiger partial charge < -0.3 is 9.26 Å². The summed E-state index contributed by atoms with van der Waals surface area (Å²) in [5.41, 5.74) is 0. The SMILES string of the molecule is CC(C)C(=O)Cc1nc(C2CCCO2)no1. The molecule has 5 nitrogen and oxygen atoms in total. The van der Waals surface area contributed by atoms with Crippen molar-refractivity contribution in [3.05, 3.63) is 11.7 Å². The second-order valence-corrected chi connectivity index (χ2v) is 4.35. The third-order valence-electron chi connectivity index (χ3n) is 2.67. The van der Waals surface area contributed by atoms with Crippen LogP contribution in [0.3, 0.4) is 0 Å². The molecular weight excluding hydrogens is 208 g/mol. The fourth-order valence-electron chi connectivity index (χ4n) is 1.61. The van der Waals surface area contributed by atoms with Crippen molar-refractivity contribution in [3.8, 4) is 0 Å². The Morgan fingerprint density at radius 2 is 2.38 bits per heavy atom. The number of carbonyl (C=O) groups is 1. The Morgan fingerprint density at radius 3 is 3.00 bits per heavy atom. The molecule has 5 heteroatoms. The van der Waals surface area contributed by atoms with Crippen LogP contribution in [0.4, 0.5) is 0 Å². The molecule has 1 aliphatic rings. The summed E-state index contributed by atoms with van der Waals surface area (Å²) in [7, 11) is 0. The number of rotatable bonds is 4. The van der Waals surface area contributed by atoms with Crippen LogP contribution in [0, 0.1) is 5.92 Å². The average Bonchev–Trinajstić information content (AvgIpc) is 2.85.